The van der Waals surface area contributed by atoms with Gasteiger partial charge in [-0.2, -0.15) is 11.3 Å². The lowest BCUT2D eigenvalue weighted by Crippen LogP contribution is -2.23. The number of thiophene rings is 1. The van der Waals surface area contributed by atoms with E-state index in [-0.39, 0.29) is 5.56 Å². The van der Waals surface area contributed by atoms with Gasteiger partial charge >= 0.3 is 0 Å². The standard InChI is InChI=1S/C22H19NOS/c1-15-7-8-18(16(2)11-15)13-23-21(19-9-10-25-14-19)12-17-5-3-4-6-20(17)22(23)24/h3-12,14H,13H2,1-2H3. The van der Waals surface area contributed by atoms with Crippen molar-refractivity contribution >= 4 is 22.1 Å². The highest BCUT2D eigenvalue weighted by molar-refractivity contribution is 7.08. The van der Waals surface area contributed by atoms with Gasteiger partial charge in [0.05, 0.1) is 12.2 Å². The van der Waals surface area contributed by atoms with Crippen molar-refractivity contribution in [3.8, 4) is 11.3 Å². The summed E-state index contributed by atoms with van der Waals surface area (Å²) in [5, 5.41) is 5.91. The smallest absolute Gasteiger partial charge is 0.259 e. The summed E-state index contributed by atoms with van der Waals surface area (Å²) < 4.78 is 1.90. The molecule has 0 aliphatic heterocycles. The van der Waals surface area contributed by atoms with Gasteiger partial charge in [-0.1, -0.05) is 42.0 Å². The van der Waals surface area contributed by atoms with Crippen LogP contribution in [0.3, 0.4) is 0 Å². The molecule has 0 spiro atoms. The van der Waals surface area contributed by atoms with Crippen LogP contribution in [0.25, 0.3) is 22.0 Å². The Kier molecular flexibility index (Phi) is 4.02. The summed E-state index contributed by atoms with van der Waals surface area (Å²) in [6.07, 6.45) is 0. The van der Waals surface area contributed by atoms with Crippen LogP contribution in [-0.2, 0) is 6.54 Å². The molecular weight excluding hydrogens is 326 g/mol. The van der Waals surface area contributed by atoms with E-state index in [0.717, 1.165) is 22.0 Å². The van der Waals surface area contributed by atoms with Gasteiger partial charge in [0.2, 0.25) is 0 Å². The minimum atomic E-state index is 0.0688. The van der Waals surface area contributed by atoms with Crippen LogP contribution in [-0.4, -0.2) is 4.57 Å². The molecule has 0 saturated carbocycles. The molecule has 124 valence electrons. The van der Waals surface area contributed by atoms with Gasteiger partial charge < -0.3 is 4.57 Å². The summed E-state index contributed by atoms with van der Waals surface area (Å²) >= 11 is 1.65. The largest absolute Gasteiger partial charge is 0.303 e. The maximum Gasteiger partial charge on any atom is 0.259 e. The number of aryl methyl sites for hydroxylation is 2. The number of benzene rings is 2. The molecule has 2 aromatic heterocycles. The summed E-state index contributed by atoms with van der Waals surface area (Å²) in [5.74, 6) is 0. The van der Waals surface area contributed by atoms with Crippen molar-refractivity contribution in [1.29, 1.82) is 0 Å². The molecule has 0 saturated heterocycles. The zero-order valence-corrected chi connectivity index (χ0v) is 15.1. The summed E-state index contributed by atoms with van der Waals surface area (Å²) in [7, 11) is 0. The minimum Gasteiger partial charge on any atom is -0.303 e. The van der Waals surface area contributed by atoms with Crippen molar-refractivity contribution in [3.63, 3.8) is 0 Å². The van der Waals surface area contributed by atoms with Crippen LogP contribution in [0, 0.1) is 13.8 Å². The van der Waals surface area contributed by atoms with Crippen LogP contribution in [0.4, 0.5) is 0 Å². The van der Waals surface area contributed by atoms with Gasteiger partial charge in [-0.3, -0.25) is 4.79 Å². The fourth-order valence-electron chi connectivity index (χ4n) is 3.30. The van der Waals surface area contributed by atoms with Crippen molar-refractivity contribution in [2.75, 3.05) is 0 Å². The van der Waals surface area contributed by atoms with Crippen LogP contribution in [0.5, 0.6) is 0 Å². The summed E-state index contributed by atoms with van der Waals surface area (Å²) in [5.41, 5.74) is 5.78. The van der Waals surface area contributed by atoms with Gasteiger partial charge in [0.1, 0.15) is 0 Å². The molecule has 25 heavy (non-hydrogen) atoms. The topological polar surface area (TPSA) is 22.0 Å². The predicted molar refractivity (Wildman–Crippen MR) is 107 cm³/mol. The third kappa shape index (κ3) is 2.92. The molecule has 0 unspecified atom stereocenters. The number of hydrogen-bond donors (Lipinski definition) is 0. The van der Waals surface area contributed by atoms with Crippen LogP contribution >= 0.6 is 11.3 Å². The Morgan fingerprint density at radius 1 is 1.00 bits per heavy atom. The lowest BCUT2D eigenvalue weighted by atomic mass is 10.0. The highest BCUT2D eigenvalue weighted by Crippen LogP contribution is 2.25. The number of hydrogen-bond acceptors (Lipinski definition) is 2. The number of rotatable bonds is 3. The molecule has 0 aliphatic carbocycles. The van der Waals surface area contributed by atoms with E-state index in [4.69, 9.17) is 0 Å². The zero-order chi connectivity index (χ0) is 17.4. The van der Waals surface area contributed by atoms with Gasteiger partial charge in [0.15, 0.2) is 0 Å². The van der Waals surface area contributed by atoms with Crippen molar-refractivity contribution in [3.05, 3.63) is 92.4 Å². The second kappa shape index (κ2) is 6.34. The van der Waals surface area contributed by atoms with Gasteiger partial charge in [-0.05, 0) is 53.9 Å². The van der Waals surface area contributed by atoms with E-state index in [1.807, 2.05) is 28.8 Å². The highest BCUT2D eigenvalue weighted by atomic mass is 32.1. The first-order chi connectivity index (χ1) is 12.1. The third-order valence-corrected chi connectivity index (χ3v) is 5.35. The van der Waals surface area contributed by atoms with Crippen molar-refractivity contribution in [2.45, 2.75) is 20.4 Å². The Balaban J connectivity index is 1.96. The maximum atomic E-state index is 13.2. The molecule has 0 N–H and O–H groups in total. The fraction of sp³-hybridized carbons (Fsp3) is 0.136. The normalized spacial score (nSPS) is 11.1. The molecule has 0 amide bonds. The molecule has 0 atom stereocenters. The average Bonchev–Trinajstić information content (AvgIpc) is 3.13. The molecular formula is C22H19NOS. The number of aromatic nitrogens is 1. The quantitative estimate of drug-likeness (QED) is 0.487. The van der Waals surface area contributed by atoms with Crippen LogP contribution in [0.1, 0.15) is 16.7 Å². The second-order valence-corrected chi connectivity index (χ2v) is 7.23. The Morgan fingerprint density at radius 2 is 1.84 bits per heavy atom. The number of nitrogens with zero attached hydrogens (tertiary/aromatic N) is 1. The van der Waals surface area contributed by atoms with Gasteiger partial charge in [-0.15, -0.1) is 0 Å². The van der Waals surface area contributed by atoms with Crippen LogP contribution in [0.2, 0.25) is 0 Å². The molecule has 0 radical (unpaired) electrons. The summed E-state index contributed by atoms with van der Waals surface area (Å²) in [6, 6.07) is 18.4. The van der Waals surface area contributed by atoms with Crippen molar-refractivity contribution in [1.82, 2.24) is 4.57 Å². The number of pyridine rings is 1. The molecule has 3 heteroatoms. The van der Waals surface area contributed by atoms with Gasteiger partial charge in [0.25, 0.3) is 5.56 Å². The Hall–Kier alpha value is -2.65. The lowest BCUT2D eigenvalue weighted by Gasteiger charge is -2.16. The molecule has 0 fully saturated rings. The minimum absolute atomic E-state index is 0.0688. The zero-order valence-electron chi connectivity index (χ0n) is 14.3. The Bertz CT molecular complexity index is 1110. The predicted octanol–water partition coefficient (Wildman–Crippen LogP) is 5.40. The summed E-state index contributed by atoms with van der Waals surface area (Å²) in [4.78, 5) is 13.2. The average molecular weight is 345 g/mol. The molecule has 2 nitrogen and oxygen atoms in total. The summed E-state index contributed by atoms with van der Waals surface area (Å²) in [6.45, 7) is 4.79. The van der Waals surface area contributed by atoms with E-state index in [9.17, 15) is 4.79 Å². The molecule has 0 aliphatic rings. The first kappa shape index (κ1) is 15.9. The first-order valence-electron chi connectivity index (χ1n) is 8.35. The SMILES string of the molecule is Cc1ccc(Cn2c(-c3ccsc3)cc3ccccc3c2=O)c(C)c1. The van der Waals surface area contributed by atoms with E-state index in [1.54, 1.807) is 11.3 Å². The first-order valence-corrected chi connectivity index (χ1v) is 9.29. The Morgan fingerprint density at radius 3 is 2.60 bits per heavy atom. The van der Waals surface area contributed by atoms with Crippen molar-refractivity contribution in [2.24, 2.45) is 0 Å². The van der Waals surface area contributed by atoms with E-state index in [1.165, 1.54) is 16.7 Å². The molecule has 2 aromatic carbocycles. The molecule has 2 heterocycles. The second-order valence-electron chi connectivity index (χ2n) is 6.45. The maximum absolute atomic E-state index is 13.2. The van der Waals surface area contributed by atoms with E-state index >= 15 is 0 Å². The lowest BCUT2D eigenvalue weighted by molar-refractivity contribution is 0.772. The van der Waals surface area contributed by atoms with E-state index in [0.29, 0.717) is 6.54 Å². The van der Waals surface area contributed by atoms with Crippen molar-refractivity contribution < 1.29 is 0 Å². The van der Waals surface area contributed by atoms with Crippen LogP contribution in [0.15, 0.2) is 70.2 Å². The molecule has 4 aromatic rings. The highest BCUT2D eigenvalue weighted by Gasteiger charge is 2.12. The van der Waals surface area contributed by atoms with E-state index < -0.39 is 0 Å². The molecule has 0 bridgehead atoms. The number of fused-ring (bicyclic) bond motifs is 1. The van der Waals surface area contributed by atoms with Gasteiger partial charge in [-0.25, -0.2) is 0 Å². The van der Waals surface area contributed by atoms with E-state index in [2.05, 4.69) is 54.9 Å². The van der Waals surface area contributed by atoms with Gasteiger partial charge in [0, 0.05) is 16.3 Å². The molecule has 4 rings (SSSR count). The third-order valence-electron chi connectivity index (χ3n) is 4.66. The monoisotopic (exact) mass is 345 g/mol. The fourth-order valence-corrected chi connectivity index (χ4v) is 3.95. The Labute approximate surface area is 151 Å². The van der Waals surface area contributed by atoms with Crippen LogP contribution < -0.4 is 5.56 Å².